The quantitative estimate of drug-likeness (QED) is 0.524. The Morgan fingerprint density at radius 2 is 2.25 bits per heavy atom. The number of cyclic esters (lactones) is 1. The fourth-order valence-electron chi connectivity index (χ4n) is 2.38. The van der Waals surface area contributed by atoms with E-state index < -0.39 is 0 Å². The number of carbonyl (C=O) groups is 2. The summed E-state index contributed by atoms with van der Waals surface area (Å²) in [6, 6.07) is 0. The molecule has 0 spiro atoms. The molecule has 88 valence electrons. The summed E-state index contributed by atoms with van der Waals surface area (Å²) >= 11 is 0. The lowest BCUT2D eigenvalue weighted by molar-refractivity contribution is -0.143. The third-order valence-electron chi connectivity index (χ3n) is 3.61. The van der Waals surface area contributed by atoms with Crippen molar-refractivity contribution >= 4 is 11.9 Å². The first-order chi connectivity index (χ1) is 7.48. The standard InChI is InChI=1S/C12H16O4/c1-12(2)8(9(12)11(14)15-3)6-7-4-5-16-10(7)13/h6,8-9H,4-5H2,1-3H3/t8-,9+/m1/s1. The predicted octanol–water partition coefficient (Wildman–Crippen LogP) is 1.30. The average molecular weight is 224 g/mol. The Bertz CT molecular complexity index is 367. The zero-order valence-electron chi connectivity index (χ0n) is 9.78. The van der Waals surface area contributed by atoms with Crippen molar-refractivity contribution in [3.05, 3.63) is 11.6 Å². The highest BCUT2D eigenvalue weighted by Crippen LogP contribution is 2.60. The Labute approximate surface area is 94.6 Å². The lowest BCUT2D eigenvalue weighted by Gasteiger charge is -1.99. The van der Waals surface area contributed by atoms with E-state index in [0.29, 0.717) is 18.6 Å². The molecule has 1 saturated heterocycles. The van der Waals surface area contributed by atoms with Crippen LogP contribution in [0, 0.1) is 17.3 Å². The minimum absolute atomic E-state index is 0.0978. The van der Waals surface area contributed by atoms with Gasteiger partial charge < -0.3 is 9.47 Å². The molecule has 0 N–H and O–H groups in total. The maximum absolute atomic E-state index is 11.5. The molecule has 0 amide bonds. The van der Waals surface area contributed by atoms with E-state index >= 15 is 0 Å². The molecule has 1 aliphatic heterocycles. The maximum atomic E-state index is 11.5. The molecule has 16 heavy (non-hydrogen) atoms. The van der Waals surface area contributed by atoms with Gasteiger partial charge in [-0.1, -0.05) is 19.9 Å². The highest BCUT2D eigenvalue weighted by molar-refractivity contribution is 5.90. The lowest BCUT2D eigenvalue weighted by Crippen LogP contribution is -2.07. The number of rotatable bonds is 2. The Morgan fingerprint density at radius 3 is 2.75 bits per heavy atom. The van der Waals surface area contributed by atoms with Crippen LogP contribution >= 0.6 is 0 Å². The van der Waals surface area contributed by atoms with Crippen LogP contribution in [0.1, 0.15) is 20.3 Å². The minimum Gasteiger partial charge on any atom is -0.469 e. The van der Waals surface area contributed by atoms with Crippen LogP contribution in [0.5, 0.6) is 0 Å². The third-order valence-corrected chi connectivity index (χ3v) is 3.61. The van der Waals surface area contributed by atoms with Gasteiger partial charge in [-0.3, -0.25) is 4.79 Å². The molecule has 2 atom stereocenters. The zero-order valence-corrected chi connectivity index (χ0v) is 9.78. The zero-order chi connectivity index (χ0) is 11.9. The van der Waals surface area contributed by atoms with Gasteiger partial charge in [0.05, 0.1) is 19.6 Å². The molecule has 1 aliphatic carbocycles. The molecule has 0 aromatic carbocycles. The van der Waals surface area contributed by atoms with E-state index in [4.69, 9.17) is 9.47 Å². The average Bonchev–Trinajstić information content (AvgIpc) is 2.57. The van der Waals surface area contributed by atoms with Crippen molar-refractivity contribution in [2.75, 3.05) is 13.7 Å². The van der Waals surface area contributed by atoms with Crippen LogP contribution in [0.4, 0.5) is 0 Å². The van der Waals surface area contributed by atoms with E-state index in [-0.39, 0.29) is 29.2 Å². The second-order valence-corrected chi connectivity index (χ2v) is 4.93. The van der Waals surface area contributed by atoms with Gasteiger partial charge in [0.2, 0.25) is 0 Å². The molecule has 0 bridgehead atoms. The Hall–Kier alpha value is -1.32. The van der Waals surface area contributed by atoms with Crippen molar-refractivity contribution in [3.8, 4) is 0 Å². The first-order valence-electron chi connectivity index (χ1n) is 5.44. The largest absolute Gasteiger partial charge is 0.469 e. The van der Waals surface area contributed by atoms with Crippen molar-refractivity contribution in [1.29, 1.82) is 0 Å². The van der Waals surface area contributed by atoms with Gasteiger partial charge >= 0.3 is 11.9 Å². The summed E-state index contributed by atoms with van der Waals surface area (Å²) in [5, 5.41) is 0. The molecule has 4 nitrogen and oxygen atoms in total. The van der Waals surface area contributed by atoms with Crippen molar-refractivity contribution in [1.82, 2.24) is 0 Å². The normalized spacial score (nSPS) is 33.7. The van der Waals surface area contributed by atoms with Gasteiger partial charge in [0, 0.05) is 12.0 Å². The molecule has 2 aliphatic rings. The minimum atomic E-state index is -0.244. The van der Waals surface area contributed by atoms with Gasteiger partial charge in [0.25, 0.3) is 0 Å². The second-order valence-electron chi connectivity index (χ2n) is 4.93. The summed E-state index contributed by atoms with van der Waals surface area (Å²) in [5.74, 6) is -0.469. The van der Waals surface area contributed by atoms with Crippen LogP contribution in [0.2, 0.25) is 0 Å². The molecule has 0 unspecified atom stereocenters. The Kier molecular flexibility index (Phi) is 2.52. The monoisotopic (exact) mass is 224 g/mol. The summed E-state index contributed by atoms with van der Waals surface area (Å²) in [5.41, 5.74) is 0.590. The van der Waals surface area contributed by atoms with E-state index in [1.165, 1.54) is 7.11 Å². The lowest BCUT2D eigenvalue weighted by atomic mass is 10.1. The van der Waals surface area contributed by atoms with Crippen LogP contribution in [-0.4, -0.2) is 25.7 Å². The molecule has 2 fully saturated rings. The molecule has 2 rings (SSSR count). The smallest absolute Gasteiger partial charge is 0.333 e. The molecule has 1 saturated carbocycles. The van der Waals surface area contributed by atoms with Crippen molar-refractivity contribution < 1.29 is 19.1 Å². The maximum Gasteiger partial charge on any atom is 0.333 e. The number of esters is 2. The predicted molar refractivity (Wildman–Crippen MR) is 56.4 cm³/mol. The summed E-state index contributed by atoms with van der Waals surface area (Å²) in [4.78, 5) is 22.8. The van der Waals surface area contributed by atoms with E-state index in [0.717, 1.165) is 0 Å². The highest BCUT2D eigenvalue weighted by atomic mass is 16.5. The van der Waals surface area contributed by atoms with Gasteiger partial charge in [-0.25, -0.2) is 4.79 Å². The molecule has 4 heteroatoms. The van der Waals surface area contributed by atoms with Crippen molar-refractivity contribution in [2.24, 2.45) is 17.3 Å². The Morgan fingerprint density at radius 1 is 1.56 bits per heavy atom. The van der Waals surface area contributed by atoms with E-state index in [2.05, 4.69) is 0 Å². The number of hydrogen-bond donors (Lipinski definition) is 0. The first kappa shape index (κ1) is 11.2. The molecule has 0 radical (unpaired) electrons. The second kappa shape index (κ2) is 3.61. The summed E-state index contributed by atoms with van der Waals surface area (Å²) in [6.07, 6.45) is 2.54. The topological polar surface area (TPSA) is 52.6 Å². The molecule has 1 heterocycles. The number of carbonyl (C=O) groups excluding carboxylic acids is 2. The van der Waals surface area contributed by atoms with Gasteiger partial charge in [-0.2, -0.15) is 0 Å². The van der Waals surface area contributed by atoms with E-state index in [1.54, 1.807) is 0 Å². The van der Waals surface area contributed by atoms with E-state index in [9.17, 15) is 9.59 Å². The van der Waals surface area contributed by atoms with Gasteiger partial charge in [-0.15, -0.1) is 0 Å². The molecule has 0 aromatic rings. The summed E-state index contributed by atoms with van der Waals surface area (Å²) in [7, 11) is 1.39. The highest BCUT2D eigenvalue weighted by Gasteiger charge is 2.61. The van der Waals surface area contributed by atoms with Gasteiger partial charge in [0.15, 0.2) is 0 Å². The molecular formula is C12H16O4. The number of ether oxygens (including phenoxy) is 2. The van der Waals surface area contributed by atoms with E-state index in [1.807, 2.05) is 19.9 Å². The van der Waals surface area contributed by atoms with Crippen molar-refractivity contribution in [2.45, 2.75) is 20.3 Å². The van der Waals surface area contributed by atoms with Crippen LogP contribution in [0.25, 0.3) is 0 Å². The number of hydrogen-bond acceptors (Lipinski definition) is 4. The van der Waals surface area contributed by atoms with Crippen LogP contribution < -0.4 is 0 Å². The summed E-state index contributed by atoms with van der Waals surface area (Å²) < 4.78 is 9.61. The van der Waals surface area contributed by atoms with Crippen LogP contribution in [-0.2, 0) is 19.1 Å². The fourth-order valence-corrected chi connectivity index (χ4v) is 2.38. The first-order valence-corrected chi connectivity index (χ1v) is 5.44. The Balaban J connectivity index is 2.13. The SMILES string of the molecule is COC(=O)[C@@H]1[C@@H](C=C2CCOC2=O)C1(C)C. The van der Waals surface area contributed by atoms with Crippen LogP contribution in [0.15, 0.2) is 11.6 Å². The van der Waals surface area contributed by atoms with Gasteiger partial charge in [0.1, 0.15) is 0 Å². The van der Waals surface area contributed by atoms with Crippen LogP contribution in [0.3, 0.4) is 0 Å². The fraction of sp³-hybridized carbons (Fsp3) is 0.667. The number of allylic oxidation sites excluding steroid dienone is 1. The molecule has 0 aromatic heterocycles. The third kappa shape index (κ3) is 1.62. The number of methoxy groups -OCH3 is 1. The summed E-state index contributed by atoms with van der Waals surface area (Å²) in [6.45, 7) is 4.48. The van der Waals surface area contributed by atoms with Gasteiger partial charge in [-0.05, 0) is 11.3 Å². The van der Waals surface area contributed by atoms with Crippen molar-refractivity contribution in [3.63, 3.8) is 0 Å². The molecular weight excluding hydrogens is 208 g/mol.